The zero-order valence-corrected chi connectivity index (χ0v) is 11.9. The Bertz CT molecular complexity index is 749. The number of ketones is 1. The Morgan fingerprint density at radius 2 is 2.14 bits per heavy atom. The first-order valence-corrected chi connectivity index (χ1v) is 6.76. The van der Waals surface area contributed by atoms with Crippen molar-refractivity contribution in [1.29, 1.82) is 5.26 Å². The van der Waals surface area contributed by atoms with Crippen LogP contribution in [0.5, 0.6) is 0 Å². The number of nitrogens with two attached hydrogens (primary N) is 1. The largest absolute Gasteiger partial charge is 0.396 e. The molecule has 0 saturated heterocycles. The van der Waals surface area contributed by atoms with Gasteiger partial charge in [-0.2, -0.15) is 5.26 Å². The van der Waals surface area contributed by atoms with Crippen LogP contribution in [0.4, 0.5) is 19.5 Å². The minimum Gasteiger partial charge on any atom is -0.396 e. The molecule has 0 aliphatic carbocycles. The van der Waals surface area contributed by atoms with E-state index < -0.39 is 11.6 Å². The molecule has 0 amide bonds. The quantitative estimate of drug-likeness (QED) is 0.849. The fourth-order valence-corrected chi connectivity index (χ4v) is 2.73. The number of carbonyl (C=O) groups excluding carboxylic acids is 1. The molecule has 21 heavy (non-hydrogen) atoms. The highest BCUT2D eigenvalue weighted by molar-refractivity contribution is 7.18. The van der Waals surface area contributed by atoms with Crippen molar-refractivity contribution in [1.82, 2.24) is 0 Å². The first kappa shape index (κ1) is 14.9. The molecule has 1 heterocycles. The Hall–Kier alpha value is -2.46. The van der Waals surface area contributed by atoms with Gasteiger partial charge in [-0.05, 0) is 17.7 Å². The maximum absolute atomic E-state index is 13.1. The standard InChI is InChI=1S/C14H11F2N3OS/c1-7(20)13-12(18)9(5-17)14(21-13)19-6-8-2-3-10(15)11(16)4-8/h2-4,19H,6,18H2,1H3. The van der Waals surface area contributed by atoms with Gasteiger partial charge in [0.15, 0.2) is 17.4 Å². The lowest BCUT2D eigenvalue weighted by atomic mass is 10.2. The van der Waals surface area contributed by atoms with E-state index in [4.69, 9.17) is 11.0 Å². The Kier molecular flexibility index (Phi) is 4.19. The molecule has 1 aromatic carbocycles. The van der Waals surface area contributed by atoms with Gasteiger partial charge in [0.05, 0.1) is 10.6 Å². The predicted molar refractivity (Wildman–Crippen MR) is 77.1 cm³/mol. The van der Waals surface area contributed by atoms with Crippen molar-refractivity contribution in [3.8, 4) is 6.07 Å². The molecule has 7 heteroatoms. The molecule has 108 valence electrons. The van der Waals surface area contributed by atoms with Crippen molar-refractivity contribution in [2.24, 2.45) is 0 Å². The summed E-state index contributed by atoms with van der Waals surface area (Å²) in [5.74, 6) is -2.09. The number of Topliss-reactive ketones (excluding diaryl/α,β-unsaturated/α-hetero) is 1. The van der Waals surface area contributed by atoms with Crippen molar-refractivity contribution >= 4 is 27.8 Å². The molecule has 0 fully saturated rings. The molecule has 0 unspecified atom stereocenters. The second-order valence-electron chi connectivity index (χ2n) is 4.32. The summed E-state index contributed by atoms with van der Waals surface area (Å²) in [6.07, 6.45) is 0. The topological polar surface area (TPSA) is 78.9 Å². The maximum atomic E-state index is 13.1. The highest BCUT2D eigenvalue weighted by atomic mass is 32.1. The monoisotopic (exact) mass is 307 g/mol. The Balaban J connectivity index is 2.24. The second-order valence-corrected chi connectivity index (χ2v) is 5.34. The summed E-state index contributed by atoms with van der Waals surface area (Å²) in [4.78, 5) is 11.7. The zero-order chi connectivity index (χ0) is 15.6. The van der Waals surface area contributed by atoms with Gasteiger partial charge < -0.3 is 11.1 Å². The first-order chi connectivity index (χ1) is 9.93. The fraction of sp³-hybridized carbons (Fsp3) is 0.143. The van der Waals surface area contributed by atoms with E-state index in [1.807, 2.05) is 6.07 Å². The van der Waals surface area contributed by atoms with Crippen molar-refractivity contribution in [2.45, 2.75) is 13.5 Å². The van der Waals surface area contributed by atoms with Crippen LogP contribution in [0.25, 0.3) is 0 Å². The Labute approximate surface area is 123 Å². The van der Waals surface area contributed by atoms with Gasteiger partial charge in [-0.3, -0.25) is 4.79 Å². The fourth-order valence-electron chi connectivity index (χ4n) is 1.77. The third kappa shape index (κ3) is 3.01. The maximum Gasteiger partial charge on any atom is 0.171 e. The molecule has 0 spiro atoms. The normalized spacial score (nSPS) is 10.2. The van der Waals surface area contributed by atoms with Crippen LogP contribution in [-0.2, 0) is 6.54 Å². The van der Waals surface area contributed by atoms with E-state index in [2.05, 4.69) is 5.32 Å². The van der Waals surface area contributed by atoms with E-state index in [0.717, 1.165) is 23.5 Å². The van der Waals surface area contributed by atoms with Crippen molar-refractivity contribution in [3.05, 3.63) is 45.8 Å². The van der Waals surface area contributed by atoms with Gasteiger partial charge in [0.25, 0.3) is 0 Å². The number of halogens is 2. The summed E-state index contributed by atoms with van der Waals surface area (Å²) in [5.41, 5.74) is 6.58. The van der Waals surface area contributed by atoms with E-state index in [9.17, 15) is 13.6 Å². The number of hydrogen-bond acceptors (Lipinski definition) is 5. The van der Waals surface area contributed by atoms with Crippen molar-refractivity contribution in [3.63, 3.8) is 0 Å². The molecule has 0 saturated carbocycles. The number of carbonyl (C=O) groups is 1. The van der Waals surface area contributed by atoms with Crippen LogP contribution in [0.1, 0.15) is 27.7 Å². The Morgan fingerprint density at radius 3 is 2.71 bits per heavy atom. The summed E-state index contributed by atoms with van der Waals surface area (Å²) >= 11 is 1.07. The average Bonchev–Trinajstić information content (AvgIpc) is 2.76. The van der Waals surface area contributed by atoms with Gasteiger partial charge in [-0.25, -0.2) is 8.78 Å². The minimum atomic E-state index is -0.940. The van der Waals surface area contributed by atoms with Crippen LogP contribution < -0.4 is 11.1 Å². The lowest BCUT2D eigenvalue weighted by molar-refractivity contribution is 0.102. The van der Waals surface area contributed by atoms with Crippen molar-refractivity contribution in [2.75, 3.05) is 11.1 Å². The van der Waals surface area contributed by atoms with Gasteiger partial charge in [0.2, 0.25) is 0 Å². The summed E-state index contributed by atoms with van der Waals surface area (Å²) in [5, 5.41) is 12.4. The van der Waals surface area contributed by atoms with Crippen LogP contribution in [0.3, 0.4) is 0 Å². The molecule has 1 aromatic heterocycles. The second kappa shape index (κ2) is 5.89. The van der Waals surface area contributed by atoms with Crippen LogP contribution in [0, 0.1) is 23.0 Å². The molecule has 2 aromatic rings. The molecule has 2 rings (SSSR count). The lowest BCUT2D eigenvalue weighted by Crippen LogP contribution is -2.01. The number of anilines is 2. The van der Waals surface area contributed by atoms with Crippen LogP contribution >= 0.6 is 11.3 Å². The molecular formula is C14H11F2N3OS. The predicted octanol–water partition coefficient (Wildman–Crippen LogP) is 3.29. The molecule has 0 aliphatic rings. The number of nitrogen functional groups attached to an aromatic ring is 1. The Morgan fingerprint density at radius 1 is 1.43 bits per heavy atom. The van der Waals surface area contributed by atoms with Crippen LogP contribution in [0.2, 0.25) is 0 Å². The third-order valence-corrected chi connectivity index (χ3v) is 4.08. The van der Waals surface area contributed by atoms with E-state index in [0.29, 0.717) is 15.4 Å². The van der Waals surface area contributed by atoms with Gasteiger partial charge in [0, 0.05) is 13.5 Å². The number of nitrogens with one attached hydrogen (secondary N) is 1. The zero-order valence-electron chi connectivity index (χ0n) is 11.0. The van der Waals surface area contributed by atoms with E-state index in [1.165, 1.54) is 13.0 Å². The number of rotatable bonds is 4. The van der Waals surface area contributed by atoms with Crippen LogP contribution in [-0.4, -0.2) is 5.78 Å². The number of nitriles is 1. The molecule has 4 nitrogen and oxygen atoms in total. The highest BCUT2D eigenvalue weighted by Gasteiger charge is 2.18. The van der Waals surface area contributed by atoms with Crippen LogP contribution in [0.15, 0.2) is 18.2 Å². The first-order valence-electron chi connectivity index (χ1n) is 5.95. The number of hydrogen-bond donors (Lipinski definition) is 2. The van der Waals surface area contributed by atoms with Gasteiger partial charge in [-0.15, -0.1) is 11.3 Å². The van der Waals surface area contributed by atoms with E-state index in [-0.39, 0.29) is 23.6 Å². The average molecular weight is 307 g/mol. The summed E-state index contributed by atoms with van der Waals surface area (Å²) in [6.45, 7) is 1.55. The summed E-state index contributed by atoms with van der Waals surface area (Å²) in [6, 6.07) is 5.46. The number of thiophene rings is 1. The molecule has 0 bridgehead atoms. The van der Waals surface area contributed by atoms with E-state index >= 15 is 0 Å². The van der Waals surface area contributed by atoms with Gasteiger partial charge in [0.1, 0.15) is 16.6 Å². The van der Waals surface area contributed by atoms with E-state index in [1.54, 1.807) is 0 Å². The summed E-state index contributed by atoms with van der Waals surface area (Å²) < 4.78 is 25.9. The van der Waals surface area contributed by atoms with Gasteiger partial charge in [-0.1, -0.05) is 6.07 Å². The van der Waals surface area contributed by atoms with Crippen molar-refractivity contribution < 1.29 is 13.6 Å². The summed E-state index contributed by atoms with van der Waals surface area (Å²) in [7, 11) is 0. The molecule has 0 radical (unpaired) electrons. The molecule has 0 aliphatic heterocycles. The smallest absolute Gasteiger partial charge is 0.171 e. The molecular weight excluding hydrogens is 296 g/mol. The van der Waals surface area contributed by atoms with Gasteiger partial charge >= 0.3 is 0 Å². The minimum absolute atomic E-state index is 0.141. The lowest BCUT2D eigenvalue weighted by Gasteiger charge is -2.05. The SMILES string of the molecule is CC(=O)c1sc(NCc2ccc(F)c(F)c2)c(C#N)c1N. The molecule has 0 atom stereocenters. The third-order valence-electron chi connectivity index (χ3n) is 2.81. The number of benzene rings is 1. The number of nitrogens with zero attached hydrogens (tertiary/aromatic N) is 1. The molecule has 3 N–H and O–H groups in total. The highest BCUT2D eigenvalue weighted by Crippen LogP contribution is 2.35.